The van der Waals surface area contributed by atoms with Crippen molar-refractivity contribution in [3.63, 3.8) is 0 Å². The van der Waals surface area contributed by atoms with Crippen molar-refractivity contribution in [3.8, 4) is 0 Å². The van der Waals surface area contributed by atoms with Crippen LogP contribution in [0.2, 0.25) is 0 Å². The largest absolute Gasteiger partial charge is 0.390 e. The molecule has 0 spiro atoms. The van der Waals surface area contributed by atoms with Gasteiger partial charge in [0.15, 0.2) is 0 Å². The highest BCUT2D eigenvalue weighted by molar-refractivity contribution is 4.85. The van der Waals surface area contributed by atoms with E-state index in [0.717, 1.165) is 25.7 Å². The van der Waals surface area contributed by atoms with Gasteiger partial charge in [0.2, 0.25) is 0 Å². The molecule has 0 heterocycles. The fourth-order valence-electron chi connectivity index (χ4n) is 1.85. The van der Waals surface area contributed by atoms with Crippen molar-refractivity contribution in [3.05, 3.63) is 12.2 Å². The van der Waals surface area contributed by atoms with Crippen molar-refractivity contribution in [1.82, 2.24) is 0 Å². The van der Waals surface area contributed by atoms with Gasteiger partial charge in [-0.1, -0.05) is 25.0 Å². The molecule has 0 bridgehead atoms. The highest BCUT2D eigenvalue weighted by atomic mass is 16.3. The van der Waals surface area contributed by atoms with Crippen molar-refractivity contribution in [2.45, 2.75) is 63.6 Å². The Morgan fingerprint density at radius 3 is 1.36 bits per heavy atom. The van der Waals surface area contributed by atoms with Gasteiger partial charge >= 0.3 is 0 Å². The van der Waals surface area contributed by atoms with Crippen LogP contribution in [0.25, 0.3) is 0 Å². The number of hydrogen-bond donors (Lipinski definition) is 2. The lowest BCUT2D eigenvalue weighted by Crippen LogP contribution is -2.28. The molecule has 0 aromatic rings. The van der Waals surface area contributed by atoms with Crippen LogP contribution in [-0.4, -0.2) is 22.4 Å². The Labute approximate surface area is 86.6 Å². The third-order valence-electron chi connectivity index (χ3n) is 2.85. The minimum Gasteiger partial charge on any atom is -0.390 e. The summed E-state index contributed by atoms with van der Waals surface area (Å²) in [4.78, 5) is 0. The minimum atomic E-state index is -0.441. The van der Waals surface area contributed by atoms with E-state index >= 15 is 0 Å². The summed E-state index contributed by atoms with van der Waals surface area (Å²) in [5, 5.41) is 17.9. The Kier molecular flexibility index (Phi) is 5.88. The maximum Gasteiger partial charge on any atom is 0.0799 e. The van der Waals surface area contributed by atoms with E-state index in [9.17, 15) is 0 Å². The topological polar surface area (TPSA) is 40.5 Å². The maximum absolute atomic E-state index is 8.93. The number of rotatable bonds is 0. The van der Waals surface area contributed by atoms with Crippen LogP contribution >= 0.6 is 0 Å². The smallest absolute Gasteiger partial charge is 0.0799 e. The average Bonchev–Trinajstić information content (AvgIpc) is 2.26. The number of aliphatic hydroxyl groups excluding tert-OH is 2. The Hall–Kier alpha value is -0.340. The summed E-state index contributed by atoms with van der Waals surface area (Å²) in [6.07, 6.45) is 12.8. The standard InChI is InChI=1S/C6H12O2.C6H10/c7-5-3-1-2-4-6(5)8;1-2-4-6-5-3-1/h5-8H,1-4H2;1-2H,3-6H2. The van der Waals surface area contributed by atoms with Gasteiger partial charge in [0.25, 0.3) is 0 Å². The van der Waals surface area contributed by atoms with Gasteiger partial charge in [-0.2, -0.15) is 0 Å². The number of aliphatic hydroxyl groups is 2. The summed E-state index contributed by atoms with van der Waals surface area (Å²) >= 11 is 0. The van der Waals surface area contributed by atoms with Crippen LogP contribution in [0.15, 0.2) is 12.2 Å². The van der Waals surface area contributed by atoms with Crippen molar-refractivity contribution in [2.24, 2.45) is 0 Å². The predicted octanol–water partition coefficient (Wildman–Crippen LogP) is 2.40. The van der Waals surface area contributed by atoms with E-state index in [4.69, 9.17) is 10.2 Å². The van der Waals surface area contributed by atoms with Crippen LogP contribution in [0.4, 0.5) is 0 Å². The number of hydrogen-bond acceptors (Lipinski definition) is 2. The highest BCUT2D eigenvalue weighted by Crippen LogP contribution is 2.17. The molecule has 14 heavy (non-hydrogen) atoms. The summed E-state index contributed by atoms with van der Waals surface area (Å²) in [5.74, 6) is 0. The Morgan fingerprint density at radius 2 is 1.14 bits per heavy atom. The second-order valence-corrected chi connectivity index (χ2v) is 4.18. The molecule has 2 atom stereocenters. The first-order valence-electron chi connectivity index (χ1n) is 5.82. The van der Waals surface area contributed by atoms with E-state index in [-0.39, 0.29) is 0 Å². The molecule has 1 saturated carbocycles. The number of allylic oxidation sites excluding steroid dienone is 2. The molecule has 0 saturated heterocycles. The van der Waals surface area contributed by atoms with E-state index in [2.05, 4.69) is 12.2 Å². The fraction of sp³-hybridized carbons (Fsp3) is 0.833. The van der Waals surface area contributed by atoms with Crippen LogP contribution in [0.1, 0.15) is 51.4 Å². The van der Waals surface area contributed by atoms with Gasteiger partial charge in [-0.05, 0) is 38.5 Å². The Morgan fingerprint density at radius 1 is 0.714 bits per heavy atom. The zero-order chi connectivity index (χ0) is 10.2. The van der Waals surface area contributed by atoms with Gasteiger partial charge in [-0.25, -0.2) is 0 Å². The van der Waals surface area contributed by atoms with Crippen LogP contribution < -0.4 is 0 Å². The van der Waals surface area contributed by atoms with E-state index in [0.29, 0.717) is 0 Å². The normalized spacial score (nSPS) is 31.9. The van der Waals surface area contributed by atoms with Gasteiger partial charge in [0.1, 0.15) is 0 Å². The highest BCUT2D eigenvalue weighted by Gasteiger charge is 2.19. The van der Waals surface area contributed by atoms with Gasteiger partial charge in [0.05, 0.1) is 12.2 Å². The third-order valence-corrected chi connectivity index (χ3v) is 2.85. The maximum atomic E-state index is 8.93. The first kappa shape index (κ1) is 11.7. The first-order valence-corrected chi connectivity index (χ1v) is 5.82. The molecule has 2 N–H and O–H groups in total. The summed E-state index contributed by atoms with van der Waals surface area (Å²) < 4.78 is 0. The molecule has 0 aromatic heterocycles. The van der Waals surface area contributed by atoms with Gasteiger partial charge in [-0.15, -0.1) is 0 Å². The molecule has 2 heteroatoms. The van der Waals surface area contributed by atoms with E-state index in [1.54, 1.807) is 0 Å². The zero-order valence-electron chi connectivity index (χ0n) is 8.86. The van der Waals surface area contributed by atoms with Crippen LogP contribution in [0.5, 0.6) is 0 Å². The molecule has 2 nitrogen and oxygen atoms in total. The fourth-order valence-corrected chi connectivity index (χ4v) is 1.85. The van der Waals surface area contributed by atoms with Crippen molar-refractivity contribution >= 4 is 0 Å². The molecule has 2 aliphatic carbocycles. The van der Waals surface area contributed by atoms with Crippen molar-refractivity contribution in [2.75, 3.05) is 0 Å². The molecule has 2 unspecified atom stereocenters. The minimum absolute atomic E-state index is 0.441. The summed E-state index contributed by atoms with van der Waals surface area (Å²) in [6, 6.07) is 0. The molecule has 0 aliphatic heterocycles. The second-order valence-electron chi connectivity index (χ2n) is 4.18. The van der Waals surface area contributed by atoms with E-state index < -0.39 is 12.2 Å². The summed E-state index contributed by atoms with van der Waals surface area (Å²) in [5.41, 5.74) is 0. The molecular formula is C12H22O2. The first-order chi connectivity index (χ1) is 6.80. The molecule has 0 radical (unpaired) electrons. The lowest BCUT2D eigenvalue weighted by atomic mass is 9.95. The van der Waals surface area contributed by atoms with Gasteiger partial charge in [0, 0.05) is 0 Å². The SMILES string of the molecule is C1=CCCCC1.OC1CCCCC1O. The Bertz CT molecular complexity index is 148. The lowest BCUT2D eigenvalue weighted by Gasteiger charge is -2.22. The molecule has 82 valence electrons. The molecule has 0 aromatic carbocycles. The second kappa shape index (κ2) is 7.02. The molecule has 0 amide bonds. The molecular weight excluding hydrogens is 176 g/mol. The molecule has 2 rings (SSSR count). The summed E-state index contributed by atoms with van der Waals surface area (Å²) in [6.45, 7) is 0. The van der Waals surface area contributed by atoms with Crippen LogP contribution in [0, 0.1) is 0 Å². The molecule has 2 aliphatic rings. The van der Waals surface area contributed by atoms with Crippen LogP contribution in [0.3, 0.4) is 0 Å². The third kappa shape index (κ3) is 4.77. The van der Waals surface area contributed by atoms with Crippen molar-refractivity contribution in [1.29, 1.82) is 0 Å². The molecule has 1 fully saturated rings. The van der Waals surface area contributed by atoms with Crippen LogP contribution in [-0.2, 0) is 0 Å². The van der Waals surface area contributed by atoms with Crippen molar-refractivity contribution < 1.29 is 10.2 Å². The predicted molar refractivity (Wildman–Crippen MR) is 58.1 cm³/mol. The van der Waals surface area contributed by atoms with E-state index in [1.165, 1.54) is 25.7 Å². The zero-order valence-corrected chi connectivity index (χ0v) is 8.86. The van der Waals surface area contributed by atoms with Gasteiger partial charge in [-0.3, -0.25) is 0 Å². The monoisotopic (exact) mass is 198 g/mol. The quantitative estimate of drug-likeness (QED) is 0.587. The average molecular weight is 198 g/mol. The lowest BCUT2D eigenvalue weighted by molar-refractivity contribution is -0.00865. The summed E-state index contributed by atoms with van der Waals surface area (Å²) in [7, 11) is 0. The van der Waals surface area contributed by atoms with Gasteiger partial charge < -0.3 is 10.2 Å². The van der Waals surface area contributed by atoms with E-state index in [1.807, 2.05) is 0 Å². The Balaban J connectivity index is 0.000000146.